The Hall–Kier alpha value is -1.06. The first-order chi connectivity index (χ1) is 4.22. The van der Waals surface area contributed by atoms with Crippen LogP contribution in [0.1, 0.15) is 6.92 Å². The Balaban J connectivity index is 2.55. The number of likely N-dealkylation sites (N-methyl/N-ethyl adjacent to an activating group) is 1. The third-order valence-corrected chi connectivity index (χ3v) is 1.21. The Labute approximate surface area is 54.2 Å². The standard InChI is InChI=1S/C5H10N4/c1-4(2)5-6-7-8-9(5)3/h5H,1H2,2-3H3,(H,6,8). The Morgan fingerprint density at radius 1 is 1.78 bits per heavy atom. The molecule has 1 N–H and O–H groups in total. The second-order valence-electron chi connectivity index (χ2n) is 2.14. The van der Waals surface area contributed by atoms with Gasteiger partial charge in [0.05, 0.1) is 0 Å². The minimum absolute atomic E-state index is 0.0880. The molecule has 0 aromatic heterocycles. The van der Waals surface area contributed by atoms with Crippen molar-refractivity contribution in [1.29, 1.82) is 0 Å². The predicted octanol–water partition coefficient (Wildman–Crippen LogP) is 0.706. The van der Waals surface area contributed by atoms with Crippen molar-refractivity contribution in [3.8, 4) is 0 Å². The van der Waals surface area contributed by atoms with Crippen molar-refractivity contribution in [3.05, 3.63) is 12.2 Å². The van der Waals surface area contributed by atoms with Gasteiger partial charge in [-0.1, -0.05) is 17.0 Å². The molecule has 1 unspecified atom stereocenters. The largest absolute Gasteiger partial charge is 0.262 e. The number of nitrogens with one attached hydrogen (secondary N) is 1. The molecule has 0 bridgehead atoms. The molecule has 0 saturated heterocycles. The van der Waals surface area contributed by atoms with Gasteiger partial charge in [0.1, 0.15) is 0 Å². The Morgan fingerprint density at radius 2 is 2.44 bits per heavy atom. The molecule has 0 saturated carbocycles. The lowest BCUT2D eigenvalue weighted by molar-refractivity contribution is 0.301. The van der Waals surface area contributed by atoms with E-state index in [1.54, 1.807) is 5.01 Å². The van der Waals surface area contributed by atoms with Crippen LogP contribution in [0.25, 0.3) is 0 Å². The lowest BCUT2D eigenvalue weighted by Gasteiger charge is -2.15. The summed E-state index contributed by atoms with van der Waals surface area (Å²) in [4.78, 5) is 0. The summed E-state index contributed by atoms with van der Waals surface area (Å²) < 4.78 is 0. The quantitative estimate of drug-likeness (QED) is 0.525. The average Bonchev–Trinajstić information content (AvgIpc) is 2.13. The van der Waals surface area contributed by atoms with E-state index in [-0.39, 0.29) is 6.17 Å². The summed E-state index contributed by atoms with van der Waals surface area (Å²) in [6, 6.07) is 0. The number of rotatable bonds is 1. The number of hydrogen-bond donors (Lipinski definition) is 1. The molecule has 1 aliphatic heterocycles. The van der Waals surface area contributed by atoms with Gasteiger partial charge in [-0.05, 0) is 12.5 Å². The van der Waals surface area contributed by atoms with Crippen molar-refractivity contribution < 1.29 is 0 Å². The van der Waals surface area contributed by atoms with Crippen molar-refractivity contribution in [2.75, 3.05) is 7.05 Å². The third-order valence-electron chi connectivity index (χ3n) is 1.21. The zero-order valence-corrected chi connectivity index (χ0v) is 5.63. The predicted molar refractivity (Wildman–Crippen MR) is 34.4 cm³/mol. The summed E-state index contributed by atoms with van der Waals surface area (Å²) in [5.41, 5.74) is 3.81. The Kier molecular flexibility index (Phi) is 1.38. The van der Waals surface area contributed by atoms with Crippen LogP contribution in [0.2, 0.25) is 0 Å². The lowest BCUT2D eigenvalue weighted by atomic mass is 10.3. The summed E-state index contributed by atoms with van der Waals surface area (Å²) in [6.07, 6.45) is 0.0880. The van der Waals surface area contributed by atoms with Gasteiger partial charge in [0.15, 0.2) is 6.17 Å². The molecule has 0 aliphatic carbocycles. The maximum atomic E-state index is 3.76. The van der Waals surface area contributed by atoms with E-state index in [1.807, 2.05) is 14.0 Å². The van der Waals surface area contributed by atoms with Crippen LogP contribution >= 0.6 is 0 Å². The zero-order chi connectivity index (χ0) is 6.85. The highest BCUT2D eigenvalue weighted by Gasteiger charge is 2.16. The minimum atomic E-state index is 0.0880. The molecule has 4 nitrogen and oxygen atoms in total. The highest BCUT2D eigenvalue weighted by Crippen LogP contribution is 2.08. The van der Waals surface area contributed by atoms with Crippen LogP contribution in [0, 0.1) is 0 Å². The first kappa shape index (κ1) is 6.07. The summed E-state index contributed by atoms with van der Waals surface area (Å²) in [7, 11) is 1.85. The normalized spacial score (nSPS) is 24.2. The van der Waals surface area contributed by atoms with Gasteiger partial charge in [-0.15, -0.1) is 0 Å². The second-order valence-corrected chi connectivity index (χ2v) is 2.14. The van der Waals surface area contributed by atoms with Crippen molar-refractivity contribution >= 4 is 0 Å². The molecule has 0 amide bonds. The van der Waals surface area contributed by atoms with Gasteiger partial charge < -0.3 is 0 Å². The molecule has 4 heteroatoms. The molecular weight excluding hydrogens is 116 g/mol. The van der Waals surface area contributed by atoms with E-state index < -0.39 is 0 Å². The minimum Gasteiger partial charge on any atom is -0.262 e. The van der Waals surface area contributed by atoms with Gasteiger partial charge in [-0.3, -0.25) is 10.4 Å². The van der Waals surface area contributed by atoms with Crippen LogP contribution < -0.4 is 5.43 Å². The summed E-state index contributed by atoms with van der Waals surface area (Å²) in [6.45, 7) is 5.70. The van der Waals surface area contributed by atoms with E-state index in [4.69, 9.17) is 0 Å². The molecule has 1 aliphatic rings. The maximum Gasteiger partial charge on any atom is 0.155 e. The van der Waals surface area contributed by atoms with E-state index in [9.17, 15) is 0 Å². The number of hydrogen-bond acceptors (Lipinski definition) is 4. The molecular formula is C5H10N4. The zero-order valence-electron chi connectivity index (χ0n) is 5.63. The van der Waals surface area contributed by atoms with E-state index >= 15 is 0 Å². The average molecular weight is 126 g/mol. The van der Waals surface area contributed by atoms with Crippen LogP contribution in [0.5, 0.6) is 0 Å². The fourth-order valence-corrected chi connectivity index (χ4v) is 0.715. The number of nitrogens with zero attached hydrogens (tertiary/aromatic N) is 3. The maximum absolute atomic E-state index is 3.76. The highest BCUT2D eigenvalue weighted by molar-refractivity contribution is 4.99. The van der Waals surface area contributed by atoms with Crippen LogP contribution in [0.4, 0.5) is 0 Å². The van der Waals surface area contributed by atoms with Gasteiger partial charge in [-0.2, -0.15) is 0 Å². The molecule has 0 fully saturated rings. The lowest BCUT2D eigenvalue weighted by Crippen LogP contribution is -2.32. The van der Waals surface area contributed by atoms with Crippen LogP contribution in [0.15, 0.2) is 22.6 Å². The van der Waals surface area contributed by atoms with Crippen molar-refractivity contribution in [2.24, 2.45) is 10.4 Å². The molecule has 0 aromatic carbocycles. The first-order valence-corrected chi connectivity index (χ1v) is 2.76. The monoisotopic (exact) mass is 126 g/mol. The summed E-state index contributed by atoms with van der Waals surface area (Å²) in [5, 5.41) is 9.06. The van der Waals surface area contributed by atoms with E-state index in [0.29, 0.717) is 0 Å². The summed E-state index contributed by atoms with van der Waals surface area (Å²) in [5.74, 6) is 0. The van der Waals surface area contributed by atoms with Gasteiger partial charge in [0.2, 0.25) is 0 Å². The Bertz CT molecular complexity index is 151. The molecule has 9 heavy (non-hydrogen) atoms. The van der Waals surface area contributed by atoms with Gasteiger partial charge in [-0.25, -0.2) is 0 Å². The van der Waals surface area contributed by atoms with Crippen molar-refractivity contribution in [2.45, 2.75) is 13.1 Å². The van der Waals surface area contributed by atoms with Gasteiger partial charge in [0.25, 0.3) is 0 Å². The fraction of sp³-hybridized carbons (Fsp3) is 0.600. The van der Waals surface area contributed by atoms with Crippen molar-refractivity contribution in [3.63, 3.8) is 0 Å². The molecule has 1 atom stereocenters. The molecule has 0 radical (unpaired) electrons. The topological polar surface area (TPSA) is 40.0 Å². The summed E-state index contributed by atoms with van der Waals surface area (Å²) >= 11 is 0. The SMILES string of the molecule is C=C(C)C1NN=NN1C. The van der Waals surface area contributed by atoms with Gasteiger partial charge >= 0.3 is 0 Å². The van der Waals surface area contributed by atoms with Crippen LogP contribution in [-0.2, 0) is 0 Å². The molecule has 50 valence electrons. The highest BCUT2D eigenvalue weighted by atomic mass is 15.7. The molecule has 0 spiro atoms. The Morgan fingerprint density at radius 3 is 2.67 bits per heavy atom. The van der Waals surface area contributed by atoms with Crippen LogP contribution in [-0.4, -0.2) is 18.2 Å². The van der Waals surface area contributed by atoms with Crippen molar-refractivity contribution in [1.82, 2.24) is 10.4 Å². The second kappa shape index (κ2) is 2.05. The smallest absolute Gasteiger partial charge is 0.155 e. The first-order valence-electron chi connectivity index (χ1n) is 2.76. The van der Waals surface area contributed by atoms with Gasteiger partial charge in [0, 0.05) is 7.05 Å². The molecule has 1 rings (SSSR count). The van der Waals surface area contributed by atoms with E-state index in [1.165, 1.54) is 0 Å². The van der Waals surface area contributed by atoms with E-state index in [0.717, 1.165) is 5.57 Å². The van der Waals surface area contributed by atoms with Crippen LogP contribution in [0.3, 0.4) is 0 Å². The molecule has 1 heterocycles. The third kappa shape index (κ3) is 1.01. The molecule has 0 aromatic rings. The van der Waals surface area contributed by atoms with E-state index in [2.05, 4.69) is 22.5 Å². The fourth-order valence-electron chi connectivity index (χ4n) is 0.715.